The second-order valence-corrected chi connectivity index (χ2v) is 7.51. The van der Waals surface area contributed by atoms with Crippen LogP contribution >= 0.6 is 0 Å². The van der Waals surface area contributed by atoms with Crippen LogP contribution in [-0.2, 0) is 16.6 Å². The van der Waals surface area contributed by atoms with E-state index in [1.807, 2.05) is 19.2 Å². The summed E-state index contributed by atoms with van der Waals surface area (Å²) in [5, 5.41) is 7.05. The molecule has 22 heavy (non-hydrogen) atoms. The molecular weight excluding hydrogens is 306 g/mol. The van der Waals surface area contributed by atoms with Gasteiger partial charge in [0.15, 0.2) is 0 Å². The highest BCUT2D eigenvalue weighted by molar-refractivity contribution is 7.88. The molecule has 2 amide bonds. The van der Waals surface area contributed by atoms with Crippen LogP contribution in [0.25, 0.3) is 0 Å². The zero-order chi connectivity index (χ0) is 16.2. The van der Waals surface area contributed by atoms with Gasteiger partial charge in [-0.2, -0.15) is 5.10 Å². The molecule has 8 nitrogen and oxygen atoms in total. The molecular formula is C13H23N5O3S. The van der Waals surface area contributed by atoms with Crippen molar-refractivity contribution >= 4 is 16.1 Å². The van der Waals surface area contributed by atoms with Crippen molar-refractivity contribution < 1.29 is 13.2 Å². The monoisotopic (exact) mass is 329 g/mol. The zero-order valence-electron chi connectivity index (χ0n) is 12.9. The van der Waals surface area contributed by atoms with E-state index in [1.54, 1.807) is 15.8 Å². The van der Waals surface area contributed by atoms with Crippen LogP contribution in [0, 0.1) is 0 Å². The summed E-state index contributed by atoms with van der Waals surface area (Å²) in [6.07, 6.45) is 5.98. The molecule has 1 saturated heterocycles. The molecule has 0 radical (unpaired) electrons. The molecule has 1 aliphatic heterocycles. The van der Waals surface area contributed by atoms with E-state index in [4.69, 9.17) is 0 Å². The molecule has 0 bridgehead atoms. The molecule has 1 aromatic heterocycles. The van der Waals surface area contributed by atoms with Crippen molar-refractivity contribution in [2.24, 2.45) is 0 Å². The number of hydrogen-bond acceptors (Lipinski definition) is 4. The van der Waals surface area contributed by atoms with Crippen molar-refractivity contribution in [3.63, 3.8) is 0 Å². The summed E-state index contributed by atoms with van der Waals surface area (Å²) >= 11 is 0. The first-order chi connectivity index (χ1) is 10.3. The van der Waals surface area contributed by atoms with Gasteiger partial charge in [-0.25, -0.2) is 17.9 Å². The van der Waals surface area contributed by atoms with E-state index in [2.05, 4.69) is 15.1 Å². The molecule has 0 spiro atoms. The molecule has 1 aromatic rings. The van der Waals surface area contributed by atoms with E-state index in [1.165, 1.54) is 0 Å². The number of piperidine rings is 1. The van der Waals surface area contributed by atoms with E-state index in [-0.39, 0.29) is 18.1 Å². The number of carbonyl (C=O) groups is 1. The minimum absolute atomic E-state index is 0.0285. The fourth-order valence-corrected chi connectivity index (χ4v) is 3.38. The van der Waals surface area contributed by atoms with Crippen molar-refractivity contribution in [1.82, 2.24) is 24.7 Å². The quantitative estimate of drug-likeness (QED) is 0.794. The van der Waals surface area contributed by atoms with Crippen molar-refractivity contribution in [2.45, 2.75) is 38.4 Å². The molecule has 124 valence electrons. The number of sulfonamides is 1. The summed E-state index contributed by atoms with van der Waals surface area (Å²) in [5.74, 6) is 0. The third-order valence-corrected chi connectivity index (χ3v) is 4.31. The van der Waals surface area contributed by atoms with Crippen molar-refractivity contribution in [1.29, 1.82) is 0 Å². The highest BCUT2D eigenvalue weighted by Crippen LogP contribution is 2.11. The molecule has 1 aliphatic rings. The van der Waals surface area contributed by atoms with Gasteiger partial charge < -0.3 is 10.2 Å². The van der Waals surface area contributed by atoms with Crippen molar-refractivity contribution in [2.75, 3.05) is 19.3 Å². The molecule has 1 atom stereocenters. The van der Waals surface area contributed by atoms with Crippen LogP contribution in [0.2, 0.25) is 0 Å². The maximum absolute atomic E-state index is 12.2. The fourth-order valence-electron chi connectivity index (χ4n) is 2.54. The van der Waals surface area contributed by atoms with E-state index < -0.39 is 10.0 Å². The van der Waals surface area contributed by atoms with Crippen LogP contribution in [0.3, 0.4) is 0 Å². The maximum Gasteiger partial charge on any atom is 0.317 e. The normalized spacial score (nSPS) is 18.2. The van der Waals surface area contributed by atoms with Gasteiger partial charge in [0.05, 0.1) is 12.8 Å². The van der Waals surface area contributed by atoms with Crippen LogP contribution in [0.4, 0.5) is 4.79 Å². The Kier molecular flexibility index (Phi) is 5.41. The number of rotatable bonds is 5. The van der Waals surface area contributed by atoms with Crippen LogP contribution in [-0.4, -0.2) is 60.6 Å². The Balaban J connectivity index is 1.75. The van der Waals surface area contributed by atoms with Gasteiger partial charge in [-0.15, -0.1) is 0 Å². The SMILES string of the molecule is C[C@@H](Cn1cccn1)NC(=O)N1CCC(NS(C)(=O)=O)CC1. The first-order valence-corrected chi connectivity index (χ1v) is 9.23. The van der Waals surface area contributed by atoms with Gasteiger partial charge in [0.25, 0.3) is 0 Å². The second kappa shape index (κ2) is 7.10. The van der Waals surface area contributed by atoms with E-state index in [0.717, 1.165) is 6.26 Å². The molecule has 0 aliphatic carbocycles. The number of urea groups is 1. The van der Waals surface area contributed by atoms with E-state index >= 15 is 0 Å². The average molecular weight is 329 g/mol. The number of amides is 2. The summed E-state index contributed by atoms with van der Waals surface area (Å²) in [7, 11) is -3.19. The number of carbonyl (C=O) groups excluding carboxylic acids is 1. The summed E-state index contributed by atoms with van der Waals surface area (Å²) in [6, 6.07) is 1.62. The smallest absolute Gasteiger partial charge is 0.317 e. The van der Waals surface area contributed by atoms with Crippen molar-refractivity contribution in [3.05, 3.63) is 18.5 Å². The van der Waals surface area contributed by atoms with Crippen LogP contribution in [0.5, 0.6) is 0 Å². The lowest BCUT2D eigenvalue weighted by Crippen LogP contribution is -2.51. The summed E-state index contributed by atoms with van der Waals surface area (Å²) < 4.78 is 26.8. The van der Waals surface area contributed by atoms with Crippen molar-refractivity contribution in [3.8, 4) is 0 Å². The average Bonchev–Trinajstić information content (AvgIpc) is 2.90. The first kappa shape index (κ1) is 16.8. The molecule has 0 unspecified atom stereocenters. The fraction of sp³-hybridized carbons (Fsp3) is 0.692. The van der Waals surface area contributed by atoms with E-state index in [9.17, 15) is 13.2 Å². The summed E-state index contributed by atoms with van der Waals surface area (Å²) in [6.45, 7) is 3.64. The molecule has 0 aromatic carbocycles. The lowest BCUT2D eigenvalue weighted by Gasteiger charge is -2.32. The third kappa shape index (κ3) is 5.30. The van der Waals surface area contributed by atoms with Gasteiger partial charge in [-0.05, 0) is 25.8 Å². The molecule has 2 rings (SSSR count). The Hall–Kier alpha value is -1.61. The Morgan fingerprint density at radius 1 is 1.41 bits per heavy atom. The molecule has 0 saturated carbocycles. The largest absolute Gasteiger partial charge is 0.334 e. The first-order valence-electron chi connectivity index (χ1n) is 7.33. The van der Waals surface area contributed by atoms with Gasteiger partial charge >= 0.3 is 6.03 Å². The van der Waals surface area contributed by atoms with Gasteiger partial charge in [0.2, 0.25) is 10.0 Å². The standard InChI is InChI=1S/C13H23N5O3S/c1-11(10-18-7-3-6-14-18)15-13(19)17-8-4-12(5-9-17)16-22(2,20)21/h3,6-7,11-12,16H,4-5,8-10H2,1-2H3,(H,15,19)/t11-/m0/s1. The van der Waals surface area contributed by atoms with Crippen LogP contribution in [0.1, 0.15) is 19.8 Å². The third-order valence-electron chi connectivity index (χ3n) is 3.55. The maximum atomic E-state index is 12.2. The summed E-state index contributed by atoms with van der Waals surface area (Å²) in [4.78, 5) is 13.9. The van der Waals surface area contributed by atoms with E-state index in [0.29, 0.717) is 32.5 Å². The number of likely N-dealkylation sites (tertiary alicyclic amines) is 1. The number of aromatic nitrogens is 2. The highest BCUT2D eigenvalue weighted by Gasteiger charge is 2.25. The highest BCUT2D eigenvalue weighted by atomic mass is 32.2. The second-order valence-electron chi connectivity index (χ2n) is 5.73. The summed E-state index contributed by atoms with van der Waals surface area (Å²) in [5.41, 5.74) is 0. The topological polar surface area (TPSA) is 96.3 Å². The lowest BCUT2D eigenvalue weighted by molar-refractivity contribution is 0.175. The van der Waals surface area contributed by atoms with Gasteiger partial charge in [-0.3, -0.25) is 4.68 Å². The predicted octanol–water partition coefficient (Wildman–Crippen LogP) is -0.00520. The van der Waals surface area contributed by atoms with Crippen LogP contribution < -0.4 is 10.0 Å². The van der Waals surface area contributed by atoms with Gasteiger partial charge in [0, 0.05) is 37.6 Å². The Morgan fingerprint density at radius 3 is 2.64 bits per heavy atom. The minimum Gasteiger partial charge on any atom is -0.334 e. The Bertz CT molecular complexity index is 579. The predicted molar refractivity (Wildman–Crippen MR) is 82.8 cm³/mol. The van der Waals surface area contributed by atoms with Gasteiger partial charge in [-0.1, -0.05) is 0 Å². The Morgan fingerprint density at radius 2 is 2.09 bits per heavy atom. The van der Waals surface area contributed by atoms with Gasteiger partial charge in [0.1, 0.15) is 0 Å². The molecule has 2 heterocycles. The minimum atomic E-state index is -3.19. The molecule has 9 heteroatoms. The zero-order valence-corrected chi connectivity index (χ0v) is 13.7. The Labute approximate surface area is 130 Å². The number of hydrogen-bond donors (Lipinski definition) is 2. The number of nitrogens with zero attached hydrogens (tertiary/aromatic N) is 3. The lowest BCUT2D eigenvalue weighted by atomic mass is 10.1. The number of nitrogens with one attached hydrogen (secondary N) is 2. The van der Waals surface area contributed by atoms with Crippen LogP contribution in [0.15, 0.2) is 18.5 Å². The molecule has 2 N–H and O–H groups in total. The molecule has 1 fully saturated rings.